The van der Waals surface area contributed by atoms with Gasteiger partial charge in [0, 0.05) is 0 Å². The molecule has 1 unspecified atom stereocenters. The molecule has 0 aliphatic carbocycles. The molecule has 18 heavy (non-hydrogen) atoms. The van der Waals surface area contributed by atoms with Gasteiger partial charge in [-0.2, -0.15) is 4.89 Å². The summed E-state index contributed by atoms with van der Waals surface area (Å²) < 4.78 is 0. The second-order valence-corrected chi connectivity index (χ2v) is 5.56. The van der Waals surface area contributed by atoms with Gasteiger partial charge in [-0.15, -0.1) is 0 Å². The maximum absolute atomic E-state index is 10.3. The third kappa shape index (κ3) is 5.23. The van der Waals surface area contributed by atoms with Crippen molar-refractivity contribution in [3.8, 4) is 0 Å². The van der Waals surface area contributed by atoms with Crippen LogP contribution in [0, 0.1) is 5.41 Å². The average molecular weight is 262 g/mol. The first kappa shape index (κ1) is 17.2. The zero-order valence-electron chi connectivity index (χ0n) is 12.1. The van der Waals surface area contributed by atoms with Crippen molar-refractivity contribution in [3.05, 3.63) is 0 Å². The van der Waals surface area contributed by atoms with Gasteiger partial charge in [0.05, 0.1) is 0 Å². The molecule has 5 heteroatoms. The Morgan fingerprint density at radius 1 is 1.17 bits per heavy atom. The maximum atomic E-state index is 10.3. The van der Waals surface area contributed by atoms with E-state index in [0.717, 1.165) is 32.1 Å². The van der Waals surface area contributed by atoms with Crippen LogP contribution in [0.2, 0.25) is 0 Å². The summed E-state index contributed by atoms with van der Waals surface area (Å²) in [5, 5.41) is 12.8. The first-order chi connectivity index (χ1) is 8.29. The molecule has 0 rings (SSSR count). The highest BCUT2D eigenvalue weighted by molar-refractivity contribution is 5.55. The van der Waals surface area contributed by atoms with Gasteiger partial charge in [0.15, 0.2) is 0 Å². The first-order valence-electron chi connectivity index (χ1n) is 6.54. The predicted molar refractivity (Wildman–Crippen MR) is 67.9 cm³/mol. The molecule has 0 aliphatic rings. The van der Waals surface area contributed by atoms with Crippen molar-refractivity contribution >= 4 is 6.16 Å². The van der Waals surface area contributed by atoms with Crippen LogP contribution < -0.4 is 0 Å². The number of rotatable bonds is 8. The van der Waals surface area contributed by atoms with E-state index in [9.17, 15) is 4.79 Å². The molecule has 0 amide bonds. The first-order valence-corrected chi connectivity index (χ1v) is 6.54. The molecule has 108 valence electrons. The number of hydrogen-bond acceptors (Lipinski definition) is 4. The van der Waals surface area contributed by atoms with Crippen LogP contribution in [-0.4, -0.2) is 16.9 Å². The highest BCUT2D eigenvalue weighted by Gasteiger charge is 2.43. The molecule has 0 aromatic heterocycles. The lowest BCUT2D eigenvalue weighted by Crippen LogP contribution is -2.45. The minimum Gasteiger partial charge on any atom is -0.448 e. The Bertz CT molecular complexity index is 246. The lowest BCUT2D eigenvalue weighted by atomic mass is 9.72. The Kier molecular flexibility index (Phi) is 7.25. The number of carbonyl (C=O) groups is 1. The van der Waals surface area contributed by atoms with Crippen molar-refractivity contribution in [2.75, 3.05) is 0 Å². The van der Waals surface area contributed by atoms with Crippen molar-refractivity contribution < 1.29 is 24.7 Å². The van der Waals surface area contributed by atoms with Crippen LogP contribution in [0.3, 0.4) is 0 Å². The quantitative estimate of drug-likeness (QED) is 0.401. The van der Waals surface area contributed by atoms with E-state index < -0.39 is 11.8 Å². The molecular weight excluding hydrogens is 236 g/mol. The zero-order valence-corrected chi connectivity index (χ0v) is 12.1. The van der Waals surface area contributed by atoms with Crippen LogP contribution in [-0.2, 0) is 14.8 Å². The van der Waals surface area contributed by atoms with Crippen LogP contribution >= 0.6 is 0 Å². The van der Waals surface area contributed by atoms with Gasteiger partial charge in [-0.1, -0.05) is 53.9 Å². The third-order valence-corrected chi connectivity index (χ3v) is 3.42. The minimum absolute atomic E-state index is 0.169. The van der Waals surface area contributed by atoms with E-state index in [1.165, 1.54) is 0 Å². The van der Waals surface area contributed by atoms with Crippen molar-refractivity contribution in [3.63, 3.8) is 0 Å². The fourth-order valence-corrected chi connectivity index (χ4v) is 2.08. The molecule has 1 atom stereocenters. The fraction of sp³-hybridized carbons (Fsp3) is 0.923. The van der Waals surface area contributed by atoms with Crippen LogP contribution in [0.1, 0.15) is 66.7 Å². The Hall–Kier alpha value is -0.810. The Balaban J connectivity index is 4.61. The van der Waals surface area contributed by atoms with E-state index in [4.69, 9.17) is 9.99 Å². The molecule has 1 N–H and O–H groups in total. The number of carboxylic acid groups (broad SMARTS) is 1. The molecule has 0 bridgehead atoms. The highest BCUT2D eigenvalue weighted by atomic mass is 17.5. The molecular formula is C13H26O5. The van der Waals surface area contributed by atoms with E-state index in [2.05, 4.69) is 16.8 Å². The maximum Gasteiger partial charge on any atom is 0.540 e. The van der Waals surface area contributed by atoms with Gasteiger partial charge in [0.1, 0.15) is 5.60 Å². The SMILES string of the molecule is CCCCCC(CC)(OOOC(=O)O)C(C)(C)C. The molecule has 0 saturated carbocycles. The van der Waals surface area contributed by atoms with Gasteiger partial charge in [-0.25, -0.2) is 9.68 Å². The fourth-order valence-electron chi connectivity index (χ4n) is 2.08. The van der Waals surface area contributed by atoms with Crippen molar-refractivity contribution in [1.82, 2.24) is 0 Å². The molecule has 0 spiro atoms. The van der Waals surface area contributed by atoms with Gasteiger partial charge in [-0.05, 0) is 23.3 Å². The van der Waals surface area contributed by atoms with E-state index in [1.54, 1.807) is 0 Å². The topological polar surface area (TPSA) is 65.0 Å². The van der Waals surface area contributed by atoms with Gasteiger partial charge < -0.3 is 5.11 Å². The van der Waals surface area contributed by atoms with E-state index >= 15 is 0 Å². The summed E-state index contributed by atoms with van der Waals surface area (Å²) in [7, 11) is 0. The standard InChI is InChI=1S/C13H26O5/c1-6-8-9-10-13(7-2,12(3,4)5)17-18-16-11(14)15/h6-10H2,1-5H3,(H,14,15). The van der Waals surface area contributed by atoms with Crippen LogP contribution in [0.5, 0.6) is 0 Å². The van der Waals surface area contributed by atoms with Crippen molar-refractivity contribution in [1.29, 1.82) is 0 Å². The Morgan fingerprint density at radius 2 is 1.78 bits per heavy atom. The molecule has 0 saturated heterocycles. The molecule has 0 heterocycles. The summed E-state index contributed by atoms with van der Waals surface area (Å²) in [5.41, 5.74) is -0.713. The predicted octanol–water partition coefficient (Wildman–Crippen LogP) is 4.32. The number of hydrogen-bond donors (Lipinski definition) is 1. The Morgan fingerprint density at radius 3 is 2.17 bits per heavy atom. The molecule has 0 fully saturated rings. The van der Waals surface area contributed by atoms with Crippen LogP contribution in [0.15, 0.2) is 0 Å². The lowest BCUT2D eigenvalue weighted by molar-refractivity contribution is -0.531. The van der Waals surface area contributed by atoms with Crippen molar-refractivity contribution in [2.45, 2.75) is 72.3 Å². The molecule has 0 aromatic carbocycles. The van der Waals surface area contributed by atoms with Crippen LogP contribution in [0.4, 0.5) is 4.79 Å². The van der Waals surface area contributed by atoms with Gasteiger partial charge >= 0.3 is 6.16 Å². The summed E-state index contributed by atoms with van der Waals surface area (Å²) in [4.78, 5) is 19.5. The largest absolute Gasteiger partial charge is 0.540 e. The monoisotopic (exact) mass is 262 g/mol. The second-order valence-electron chi connectivity index (χ2n) is 5.56. The summed E-state index contributed by atoms with van der Waals surface area (Å²) in [6, 6.07) is 0. The number of unbranched alkanes of at least 4 members (excludes halogenated alkanes) is 2. The average Bonchev–Trinajstić information content (AvgIpc) is 2.25. The van der Waals surface area contributed by atoms with Gasteiger partial charge in [0.2, 0.25) is 0 Å². The van der Waals surface area contributed by atoms with E-state index in [0.29, 0.717) is 0 Å². The third-order valence-electron chi connectivity index (χ3n) is 3.42. The molecule has 0 aromatic rings. The Labute approximate surface area is 109 Å². The molecule has 0 radical (unpaired) electrons. The highest BCUT2D eigenvalue weighted by Crippen LogP contribution is 2.41. The van der Waals surface area contributed by atoms with E-state index in [1.807, 2.05) is 27.7 Å². The summed E-state index contributed by atoms with van der Waals surface area (Å²) in [6.45, 7) is 10.3. The second kappa shape index (κ2) is 7.59. The smallest absolute Gasteiger partial charge is 0.448 e. The van der Waals surface area contributed by atoms with E-state index in [-0.39, 0.29) is 5.41 Å². The lowest BCUT2D eigenvalue weighted by Gasteiger charge is -2.41. The van der Waals surface area contributed by atoms with Crippen LogP contribution in [0.25, 0.3) is 0 Å². The van der Waals surface area contributed by atoms with Gasteiger partial charge in [0.25, 0.3) is 0 Å². The molecule has 0 aliphatic heterocycles. The zero-order chi connectivity index (χ0) is 14.2. The van der Waals surface area contributed by atoms with Gasteiger partial charge in [-0.3, -0.25) is 0 Å². The molecule has 5 nitrogen and oxygen atoms in total. The normalized spacial score (nSPS) is 15.2. The summed E-state index contributed by atoms with van der Waals surface area (Å²) >= 11 is 0. The van der Waals surface area contributed by atoms with Crippen molar-refractivity contribution in [2.24, 2.45) is 5.41 Å². The summed E-state index contributed by atoms with van der Waals surface area (Å²) in [6.07, 6.45) is 3.27. The minimum atomic E-state index is -1.51. The summed E-state index contributed by atoms with van der Waals surface area (Å²) in [5.74, 6) is 0.